The maximum Gasteiger partial charge on any atom is 0.309 e. The SMILES string of the molecule is CC(c1ccc(F)cc1)S(=O)(=O)c1cccc[n+]1[O-]. The van der Waals surface area contributed by atoms with Gasteiger partial charge in [0.1, 0.15) is 5.82 Å². The Balaban J connectivity index is 2.45. The van der Waals surface area contributed by atoms with Crippen LogP contribution in [0.3, 0.4) is 0 Å². The van der Waals surface area contributed by atoms with Crippen LogP contribution in [-0.4, -0.2) is 8.42 Å². The van der Waals surface area contributed by atoms with E-state index in [1.165, 1.54) is 49.4 Å². The molecule has 0 aliphatic heterocycles. The van der Waals surface area contributed by atoms with Crippen molar-refractivity contribution in [3.8, 4) is 0 Å². The van der Waals surface area contributed by atoms with Gasteiger partial charge in [-0.1, -0.05) is 12.1 Å². The second-order valence-electron chi connectivity index (χ2n) is 4.10. The van der Waals surface area contributed by atoms with Crippen LogP contribution in [0, 0.1) is 11.0 Å². The first-order chi connectivity index (χ1) is 8.93. The van der Waals surface area contributed by atoms with Crippen LogP contribution in [0.5, 0.6) is 0 Å². The summed E-state index contributed by atoms with van der Waals surface area (Å²) in [5, 5.41) is 10.3. The van der Waals surface area contributed by atoms with Crippen molar-refractivity contribution in [3.05, 3.63) is 65.2 Å². The average Bonchev–Trinajstić information content (AvgIpc) is 2.39. The quantitative estimate of drug-likeness (QED) is 0.638. The van der Waals surface area contributed by atoms with Crippen LogP contribution in [0.1, 0.15) is 17.7 Å². The van der Waals surface area contributed by atoms with Gasteiger partial charge in [0.15, 0.2) is 6.20 Å². The molecule has 19 heavy (non-hydrogen) atoms. The monoisotopic (exact) mass is 281 g/mol. The van der Waals surface area contributed by atoms with Gasteiger partial charge in [0.05, 0.1) is 5.25 Å². The van der Waals surface area contributed by atoms with Gasteiger partial charge in [0.2, 0.25) is 9.84 Å². The Labute approximate surface area is 110 Å². The van der Waals surface area contributed by atoms with Gasteiger partial charge in [-0.05, 0) is 30.7 Å². The zero-order valence-corrected chi connectivity index (χ0v) is 11.0. The Kier molecular flexibility index (Phi) is 3.53. The summed E-state index contributed by atoms with van der Waals surface area (Å²) in [6.45, 7) is 1.47. The van der Waals surface area contributed by atoms with Crippen molar-refractivity contribution in [2.45, 2.75) is 17.2 Å². The number of hydrogen-bond donors (Lipinski definition) is 0. The minimum Gasteiger partial charge on any atom is -0.618 e. The molecule has 4 nitrogen and oxygen atoms in total. The minimum atomic E-state index is -3.81. The molecule has 0 saturated carbocycles. The van der Waals surface area contributed by atoms with Gasteiger partial charge in [0.25, 0.3) is 0 Å². The summed E-state index contributed by atoms with van der Waals surface area (Å²) in [5.41, 5.74) is 0.435. The molecule has 2 rings (SSSR count). The normalized spacial score (nSPS) is 13.2. The fraction of sp³-hybridized carbons (Fsp3) is 0.154. The van der Waals surface area contributed by atoms with Gasteiger partial charge in [-0.25, -0.2) is 12.8 Å². The highest BCUT2D eigenvalue weighted by atomic mass is 32.2. The van der Waals surface area contributed by atoms with Crippen LogP contribution in [0.2, 0.25) is 0 Å². The molecule has 0 radical (unpaired) electrons. The van der Waals surface area contributed by atoms with Gasteiger partial charge in [-0.2, -0.15) is 4.73 Å². The Bertz CT molecular complexity index is 683. The molecule has 1 aromatic heterocycles. The molecule has 0 aliphatic carbocycles. The van der Waals surface area contributed by atoms with Gasteiger partial charge in [-0.3, -0.25) is 0 Å². The predicted molar refractivity (Wildman–Crippen MR) is 67.4 cm³/mol. The molecule has 0 fully saturated rings. The maximum atomic E-state index is 12.8. The zero-order chi connectivity index (χ0) is 14.0. The Hall–Kier alpha value is -1.95. The minimum absolute atomic E-state index is 0.313. The molecule has 0 N–H and O–H groups in total. The lowest BCUT2D eigenvalue weighted by Crippen LogP contribution is -2.34. The number of benzene rings is 1. The number of nitrogens with zero attached hydrogens (tertiary/aromatic N) is 1. The lowest BCUT2D eigenvalue weighted by molar-refractivity contribution is -0.646. The molecule has 1 heterocycles. The summed E-state index contributed by atoms with van der Waals surface area (Å²) in [6, 6.07) is 9.37. The van der Waals surface area contributed by atoms with E-state index in [4.69, 9.17) is 0 Å². The summed E-state index contributed by atoms with van der Waals surface area (Å²) in [7, 11) is -3.81. The number of aromatic nitrogens is 1. The van der Waals surface area contributed by atoms with E-state index in [0.717, 1.165) is 6.20 Å². The third-order valence-corrected chi connectivity index (χ3v) is 4.99. The third kappa shape index (κ3) is 2.58. The van der Waals surface area contributed by atoms with Crippen LogP contribution in [0.25, 0.3) is 0 Å². The molecule has 0 saturated heterocycles. The van der Waals surface area contributed by atoms with E-state index in [9.17, 15) is 18.0 Å². The maximum absolute atomic E-state index is 12.8. The van der Waals surface area contributed by atoms with Crippen molar-refractivity contribution in [2.24, 2.45) is 0 Å². The van der Waals surface area contributed by atoms with Crippen molar-refractivity contribution in [2.75, 3.05) is 0 Å². The second-order valence-corrected chi connectivity index (χ2v) is 6.32. The van der Waals surface area contributed by atoms with Crippen LogP contribution in [0.4, 0.5) is 4.39 Å². The molecule has 100 valence electrons. The highest BCUT2D eigenvalue weighted by molar-refractivity contribution is 7.91. The van der Waals surface area contributed by atoms with E-state index in [1.54, 1.807) is 0 Å². The van der Waals surface area contributed by atoms with Crippen molar-refractivity contribution < 1.29 is 17.5 Å². The number of hydrogen-bond acceptors (Lipinski definition) is 3. The summed E-state index contributed by atoms with van der Waals surface area (Å²) in [5.74, 6) is -0.438. The molecule has 1 aromatic carbocycles. The smallest absolute Gasteiger partial charge is 0.309 e. The van der Waals surface area contributed by atoms with E-state index >= 15 is 0 Å². The van der Waals surface area contributed by atoms with Crippen LogP contribution < -0.4 is 4.73 Å². The summed E-state index contributed by atoms with van der Waals surface area (Å²) in [6.07, 6.45) is 1.13. The van der Waals surface area contributed by atoms with Crippen molar-refractivity contribution >= 4 is 9.84 Å². The van der Waals surface area contributed by atoms with E-state index < -0.39 is 20.9 Å². The van der Waals surface area contributed by atoms with Crippen molar-refractivity contribution in [1.82, 2.24) is 0 Å². The molecule has 1 unspecified atom stereocenters. The predicted octanol–water partition coefficient (Wildman–Crippen LogP) is 1.99. The lowest BCUT2D eigenvalue weighted by Gasteiger charge is -2.12. The number of rotatable bonds is 3. The van der Waals surface area contributed by atoms with E-state index in [1.807, 2.05) is 0 Å². The van der Waals surface area contributed by atoms with Gasteiger partial charge < -0.3 is 5.21 Å². The highest BCUT2D eigenvalue weighted by Gasteiger charge is 2.31. The molecule has 0 amide bonds. The number of pyridine rings is 1. The zero-order valence-electron chi connectivity index (χ0n) is 10.2. The Morgan fingerprint density at radius 1 is 1.16 bits per heavy atom. The number of sulfone groups is 1. The summed E-state index contributed by atoms with van der Waals surface area (Å²) >= 11 is 0. The molecular formula is C13H12FNO3S. The largest absolute Gasteiger partial charge is 0.618 e. The first kappa shape index (κ1) is 13.5. The lowest BCUT2D eigenvalue weighted by atomic mass is 10.2. The summed E-state index contributed by atoms with van der Waals surface area (Å²) < 4.78 is 37.8. The first-order valence-corrected chi connectivity index (χ1v) is 7.15. The molecular weight excluding hydrogens is 269 g/mol. The number of halogens is 1. The molecule has 1 atom stereocenters. The third-order valence-electron chi connectivity index (χ3n) is 2.88. The average molecular weight is 281 g/mol. The Morgan fingerprint density at radius 3 is 2.37 bits per heavy atom. The summed E-state index contributed by atoms with van der Waals surface area (Å²) in [4.78, 5) is 0. The van der Waals surface area contributed by atoms with Gasteiger partial charge in [-0.15, -0.1) is 0 Å². The van der Waals surface area contributed by atoms with Crippen LogP contribution in [0.15, 0.2) is 53.7 Å². The van der Waals surface area contributed by atoms with Crippen LogP contribution >= 0.6 is 0 Å². The Morgan fingerprint density at radius 2 is 1.79 bits per heavy atom. The molecule has 0 spiro atoms. The highest BCUT2D eigenvalue weighted by Crippen LogP contribution is 2.26. The van der Waals surface area contributed by atoms with E-state index in [-0.39, 0.29) is 5.03 Å². The standard InChI is InChI=1S/C13H12FNO3S/c1-10(11-5-7-12(14)8-6-11)19(17,18)13-4-2-3-9-15(13)16/h2-10H,1H3. The van der Waals surface area contributed by atoms with Gasteiger partial charge in [0, 0.05) is 12.1 Å². The second kappa shape index (κ2) is 4.97. The molecule has 0 aliphatic rings. The van der Waals surface area contributed by atoms with Crippen molar-refractivity contribution in [3.63, 3.8) is 0 Å². The topological polar surface area (TPSA) is 61.1 Å². The fourth-order valence-corrected chi connectivity index (χ4v) is 3.18. The first-order valence-electron chi connectivity index (χ1n) is 5.60. The van der Waals surface area contributed by atoms with E-state index in [2.05, 4.69) is 0 Å². The van der Waals surface area contributed by atoms with E-state index in [0.29, 0.717) is 10.3 Å². The fourth-order valence-electron chi connectivity index (χ4n) is 1.73. The van der Waals surface area contributed by atoms with Gasteiger partial charge >= 0.3 is 5.03 Å². The molecule has 0 bridgehead atoms. The van der Waals surface area contributed by atoms with Crippen LogP contribution in [-0.2, 0) is 9.84 Å². The molecule has 2 aromatic rings. The van der Waals surface area contributed by atoms with Crippen molar-refractivity contribution in [1.29, 1.82) is 0 Å². The molecule has 6 heteroatoms.